The molecule has 2 heterocycles. The van der Waals surface area contributed by atoms with Gasteiger partial charge in [-0.25, -0.2) is 13.4 Å². The first-order valence-corrected chi connectivity index (χ1v) is 12.6. The van der Waals surface area contributed by atoms with E-state index in [2.05, 4.69) is 9.97 Å². The van der Waals surface area contributed by atoms with Crippen molar-refractivity contribution in [1.29, 1.82) is 0 Å². The standard InChI is InChI=1S/C25H30N2O6S/c1-6-7-9-17-21(22-18(32-4)10-8-11-19(22)33-5)23(28)24(25(29)27-17)34(30,31)20-13-12-16(14-26-20)15(2)3/h8,10-15H,6-7,9H2,1-5H3,(H2,27,28,29). The van der Waals surface area contributed by atoms with Gasteiger partial charge in [0.2, 0.25) is 9.84 Å². The fraction of sp³-hybridized carbons (Fsp3) is 0.360. The van der Waals surface area contributed by atoms with Gasteiger partial charge in [-0.15, -0.1) is 0 Å². The average Bonchev–Trinajstić information content (AvgIpc) is 2.82. The number of pyridine rings is 2. The lowest BCUT2D eigenvalue weighted by Crippen LogP contribution is -2.21. The largest absolute Gasteiger partial charge is 0.506 e. The van der Waals surface area contributed by atoms with Crippen LogP contribution in [0, 0.1) is 0 Å². The van der Waals surface area contributed by atoms with Gasteiger partial charge in [-0.1, -0.05) is 39.3 Å². The summed E-state index contributed by atoms with van der Waals surface area (Å²) >= 11 is 0. The molecule has 0 fully saturated rings. The number of hydrogen-bond acceptors (Lipinski definition) is 7. The van der Waals surface area contributed by atoms with Crippen LogP contribution >= 0.6 is 0 Å². The average molecular weight is 487 g/mol. The number of unbranched alkanes of at least 4 members (excludes halogenated alkanes) is 1. The molecule has 3 aromatic rings. The Bertz CT molecular complexity index is 1310. The number of nitrogens with one attached hydrogen (secondary N) is 1. The quantitative estimate of drug-likeness (QED) is 0.458. The van der Waals surface area contributed by atoms with E-state index in [0.717, 1.165) is 12.0 Å². The highest BCUT2D eigenvalue weighted by molar-refractivity contribution is 7.91. The van der Waals surface area contributed by atoms with Crippen LogP contribution in [0.25, 0.3) is 11.1 Å². The molecule has 0 aliphatic carbocycles. The molecule has 2 N–H and O–H groups in total. The van der Waals surface area contributed by atoms with Gasteiger partial charge in [0.25, 0.3) is 5.56 Å². The van der Waals surface area contributed by atoms with Crippen molar-refractivity contribution >= 4 is 9.84 Å². The molecule has 0 amide bonds. The van der Waals surface area contributed by atoms with Crippen LogP contribution in [0.3, 0.4) is 0 Å². The smallest absolute Gasteiger partial charge is 0.271 e. The van der Waals surface area contributed by atoms with Gasteiger partial charge in [0.15, 0.2) is 9.92 Å². The number of benzene rings is 1. The van der Waals surface area contributed by atoms with Crippen LogP contribution in [-0.2, 0) is 16.3 Å². The van der Waals surface area contributed by atoms with E-state index in [-0.39, 0.29) is 16.5 Å². The molecule has 0 saturated carbocycles. The minimum absolute atomic E-state index is 0.153. The summed E-state index contributed by atoms with van der Waals surface area (Å²) in [6, 6.07) is 8.06. The van der Waals surface area contributed by atoms with Crippen LogP contribution in [0.4, 0.5) is 0 Å². The third kappa shape index (κ3) is 4.65. The number of rotatable bonds is 9. The molecule has 0 radical (unpaired) electrons. The lowest BCUT2D eigenvalue weighted by atomic mass is 9.98. The summed E-state index contributed by atoms with van der Waals surface area (Å²) in [5.41, 5.74) is 0.850. The number of hydrogen-bond donors (Lipinski definition) is 2. The predicted molar refractivity (Wildman–Crippen MR) is 130 cm³/mol. The van der Waals surface area contributed by atoms with Gasteiger partial charge >= 0.3 is 0 Å². The Balaban J connectivity index is 2.35. The lowest BCUT2D eigenvalue weighted by molar-refractivity contribution is 0.395. The first-order valence-electron chi connectivity index (χ1n) is 11.1. The van der Waals surface area contributed by atoms with E-state index in [1.165, 1.54) is 26.5 Å². The minimum atomic E-state index is -4.44. The maximum absolute atomic E-state index is 13.5. The Labute approximate surface area is 199 Å². The fourth-order valence-electron chi connectivity index (χ4n) is 3.77. The third-order valence-corrected chi connectivity index (χ3v) is 7.36. The normalized spacial score (nSPS) is 11.6. The molecule has 0 spiro atoms. The molecule has 3 rings (SSSR count). The van der Waals surface area contributed by atoms with Gasteiger partial charge in [0.05, 0.1) is 25.3 Å². The minimum Gasteiger partial charge on any atom is -0.506 e. The zero-order chi connectivity index (χ0) is 25.0. The number of H-pyrrole nitrogens is 1. The summed E-state index contributed by atoms with van der Waals surface area (Å²) in [7, 11) is -1.51. The highest BCUT2D eigenvalue weighted by atomic mass is 32.2. The molecule has 0 saturated heterocycles. The Hall–Kier alpha value is -3.33. The molecule has 0 aliphatic rings. The predicted octanol–water partition coefficient (Wildman–Crippen LogP) is 4.46. The third-order valence-electron chi connectivity index (χ3n) is 5.65. The lowest BCUT2D eigenvalue weighted by Gasteiger charge is -2.19. The molecule has 0 aliphatic heterocycles. The number of sulfone groups is 1. The van der Waals surface area contributed by atoms with Crippen molar-refractivity contribution in [3.8, 4) is 28.4 Å². The number of aromatic amines is 1. The summed E-state index contributed by atoms with van der Waals surface area (Å²) < 4.78 is 37.9. The van der Waals surface area contributed by atoms with Crippen molar-refractivity contribution in [3.05, 3.63) is 58.1 Å². The SMILES string of the molecule is CCCCc1[nH]c(=O)c(S(=O)(=O)c2ccc(C(C)C)cn2)c(O)c1-c1c(OC)cccc1OC. The number of aryl methyl sites for hydroxylation is 1. The number of aromatic hydroxyl groups is 1. The maximum Gasteiger partial charge on any atom is 0.271 e. The Kier molecular flexibility index (Phi) is 7.66. The second kappa shape index (κ2) is 10.3. The molecule has 0 unspecified atom stereocenters. The second-order valence-corrected chi connectivity index (χ2v) is 10.0. The van der Waals surface area contributed by atoms with E-state index in [4.69, 9.17) is 9.47 Å². The zero-order valence-electron chi connectivity index (χ0n) is 20.0. The van der Waals surface area contributed by atoms with E-state index in [0.29, 0.717) is 35.6 Å². The van der Waals surface area contributed by atoms with Gasteiger partial charge < -0.3 is 19.6 Å². The Morgan fingerprint density at radius 2 is 1.71 bits per heavy atom. The van der Waals surface area contributed by atoms with Crippen molar-refractivity contribution < 1.29 is 23.0 Å². The van der Waals surface area contributed by atoms with Crippen LogP contribution in [0.1, 0.15) is 50.8 Å². The van der Waals surface area contributed by atoms with Gasteiger partial charge in [-0.3, -0.25) is 4.79 Å². The molecule has 34 heavy (non-hydrogen) atoms. The highest BCUT2D eigenvalue weighted by Gasteiger charge is 2.32. The van der Waals surface area contributed by atoms with Crippen LogP contribution < -0.4 is 15.0 Å². The van der Waals surface area contributed by atoms with Crippen LogP contribution in [0.2, 0.25) is 0 Å². The van der Waals surface area contributed by atoms with Crippen LogP contribution in [-0.4, -0.2) is 37.7 Å². The summed E-state index contributed by atoms with van der Waals surface area (Å²) in [6.45, 7) is 5.92. The van der Waals surface area contributed by atoms with Crippen molar-refractivity contribution in [2.24, 2.45) is 0 Å². The van der Waals surface area contributed by atoms with Gasteiger partial charge in [0.1, 0.15) is 17.2 Å². The van der Waals surface area contributed by atoms with Crippen LogP contribution in [0.15, 0.2) is 51.2 Å². The van der Waals surface area contributed by atoms with Crippen molar-refractivity contribution in [2.75, 3.05) is 14.2 Å². The van der Waals surface area contributed by atoms with Gasteiger partial charge in [0, 0.05) is 11.9 Å². The second-order valence-electron chi connectivity index (χ2n) is 8.21. The van der Waals surface area contributed by atoms with Crippen LogP contribution in [0.5, 0.6) is 17.2 Å². The number of aromatic nitrogens is 2. The van der Waals surface area contributed by atoms with E-state index < -0.39 is 26.0 Å². The first kappa shape index (κ1) is 25.3. The summed E-state index contributed by atoms with van der Waals surface area (Å²) in [5.74, 6) is 0.223. The number of ether oxygens (including phenoxy) is 2. The van der Waals surface area contributed by atoms with Crippen molar-refractivity contribution in [1.82, 2.24) is 9.97 Å². The molecule has 182 valence electrons. The summed E-state index contributed by atoms with van der Waals surface area (Å²) in [5, 5.41) is 11.0. The van der Waals surface area contributed by atoms with E-state index in [9.17, 15) is 18.3 Å². The molecular formula is C25H30N2O6S. The van der Waals surface area contributed by atoms with Gasteiger partial charge in [-0.05, 0) is 42.5 Å². The van der Waals surface area contributed by atoms with E-state index in [1.54, 1.807) is 24.3 Å². The molecule has 2 aromatic heterocycles. The first-order chi connectivity index (χ1) is 16.2. The van der Waals surface area contributed by atoms with E-state index in [1.807, 2.05) is 20.8 Å². The number of methoxy groups -OCH3 is 2. The fourth-order valence-corrected chi connectivity index (χ4v) is 5.07. The summed E-state index contributed by atoms with van der Waals surface area (Å²) in [4.78, 5) is 19.0. The number of nitrogens with zero attached hydrogens (tertiary/aromatic N) is 1. The molecule has 0 bridgehead atoms. The molecule has 8 nitrogen and oxygen atoms in total. The molecule has 1 aromatic carbocycles. The topological polar surface area (TPSA) is 119 Å². The molecule has 0 atom stereocenters. The van der Waals surface area contributed by atoms with Gasteiger partial charge in [-0.2, -0.15) is 0 Å². The monoisotopic (exact) mass is 486 g/mol. The van der Waals surface area contributed by atoms with Crippen molar-refractivity contribution in [3.63, 3.8) is 0 Å². The zero-order valence-corrected chi connectivity index (χ0v) is 20.8. The highest BCUT2D eigenvalue weighted by Crippen LogP contribution is 2.46. The summed E-state index contributed by atoms with van der Waals surface area (Å²) in [6.07, 6.45) is 3.42. The Morgan fingerprint density at radius 1 is 1.06 bits per heavy atom. The Morgan fingerprint density at radius 3 is 2.21 bits per heavy atom. The van der Waals surface area contributed by atoms with E-state index >= 15 is 0 Å². The molecule has 9 heteroatoms. The molecular weight excluding hydrogens is 456 g/mol. The maximum atomic E-state index is 13.5. The van der Waals surface area contributed by atoms with Crippen molar-refractivity contribution in [2.45, 2.75) is 55.9 Å².